The van der Waals surface area contributed by atoms with Crippen molar-refractivity contribution in [2.45, 2.75) is 6.54 Å². The van der Waals surface area contributed by atoms with Gasteiger partial charge in [0.1, 0.15) is 11.4 Å². The van der Waals surface area contributed by atoms with Gasteiger partial charge in [0.05, 0.1) is 17.7 Å². The van der Waals surface area contributed by atoms with Crippen molar-refractivity contribution in [1.82, 2.24) is 0 Å². The summed E-state index contributed by atoms with van der Waals surface area (Å²) >= 11 is 0. The number of nitro benzene ring substituents is 1. The number of rotatable bonds is 4. The second-order valence-electron chi connectivity index (χ2n) is 3.94. The van der Waals surface area contributed by atoms with E-state index in [9.17, 15) is 10.1 Å². The van der Waals surface area contributed by atoms with Gasteiger partial charge in [0.15, 0.2) is 0 Å². The molecular weight excluding hydrogens is 234 g/mol. The second-order valence-corrected chi connectivity index (χ2v) is 3.94. The summed E-state index contributed by atoms with van der Waals surface area (Å²) in [5.41, 5.74) is 6.52. The smallest absolute Gasteiger partial charge is 0.292 e. The van der Waals surface area contributed by atoms with Gasteiger partial charge in [-0.3, -0.25) is 10.1 Å². The van der Waals surface area contributed by atoms with Crippen molar-refractivity contribution < 1.29 is 9.34 Å². The Morgan fingerprint density at radius 1 is 1.44 bits per heavy atom. The number of hydrogen-bond donors (Lipinski definition) is 1. The summed E-state index contributed by atoms with van der Waals surface area (Å²) in [6, 6.07) is 8.33. The third-order valence-corrected chi connectivity index (χ3v) is 2.62. The molecule has 0 aliphatic carbocycles. The number of furan rings is 1. The standard InChI is InChI=1S/C12H13N3O3/c1-14(8-10-3-2-6-18-10)9-4-5-12(15(16)17)11(13)7-9/h2-7H,8,13H2,1H3. The molecule has 0 atom stereocenters. The van der Waals surface area contributed by atoms with Crippen LogP contribution in [0.4, 0.5) is 17.1 Å². The van der Waals surface area contributed by atoms with Crippen LogP contribution in [0.15, 0.2) is 41.0 Å². The van der Waals surface area contributed by atoms with E-state index in [1.54, 1.807) is 18.4 Å². The molecule has 0 aliphatic heterocycles. The van der Waals surface area contributed by atoms with E-state index in [1.807, 2.05) is 24.1 Å². The fourth-order valence-corrected chi connectivity index (χ4v) is 1.67. The van der Waals surface area contributed by atoms with Crippen molar-refractivity contribution in [1.29, 1.82) is 0 Å². The van der Waals surface area contributed by atoms with Crippen LogP contribution < -0.4 is 10.6 Å². The third-order valence-electron chi connectivity index (χ3n) is 2.62. The predicted molar refractivity (Wildman–Crippen MR) is 68.3 cm³/mol. The molecule has 0 saturated heterocycles. The molecule has 6 heteroatoms. The van der Waals surface area contributed by atoms with Crippen LogP contribution in [-0.4, -0.2) is 12.0 Å². The van der Waals surface area contributed by atoms with Crippen LogP contribution in [0.5, 0.6) is 0 Å². The van der Waals surface area contributed by atoms with Gasteiger partial charge >= 0.3 is 0 Å². The molecule has 0 bridgehead atoms. The normalized spacial score (nSPS) is 10.3. The Kier molecular flexibility index (Phi) is 3.18. The molecule has 1 aromatic carbocycles. The zero-order valence-electron chi connectivity index (χ0n) is 9.87. The van der Waals surface area contributed by atoms with Crippen molar-refractivity contribution in [3.8, 4) is 0 Å². The Bertz CT molecular complexity index is 552. The first-order valence-corrected chi connectivity index (χ1v) is 5.35. The van der Waals surface area contributed by atoms with E-state index in [0.717, 1.165) is 11.4 Å². The zero-order chi connectivity index (χ0) is 13.1. The molecule has 6 nitrogen and oxygen atoms in total. The van der Waals surface area contributed by atoms with Crippen LogP contribution in [0, 0.1) is 10.1 Å². The highest BCUT2D eigenvalue weighted by Gasteiger charge is 2.13. The van der Waals surface area contributed by atoms with E-state index in [4.69, 9.17) is 10.2 Å². The lowest BCUT2D eigenvalue weighted by molar-refractivity contribution is -0.383. The van der Waals surface area contributed by atoms with Crippen molar-refractivity contribution in [2.75, 3.05) is 17.7 Å². The van der Waals surface area contributed by atoms with Gasteiger partial charge in [0.25, 0.3) is 5.69 Å². The first-order chi connectivity index (χ1) is 8.58. The summed E-state index contributed by atoms with van der Waals surface area (Å²) in [6.07, 6.45) is 1.60. The SMILES string of the molecule is CN(Cc1ccco1)c1ccc([N+](=O)[O-])c(N)c1. The van der Waals surface area contributed by atoms with Gasteiger partial charge < -0.3 is 15.1 Å². The molecule has 0 saturated carbocycles. The molecule has 0 fully saturated rings. The van der Waals surface area contributed by atoms with E-state index in [2.05, 4.69) is 0 Å². The Morgan fingerprint density at radius 3 is 2.78 bits per heavy atom. The monoisotopic (exact) mass is 247 g/mol. The lowest BCUT2D eigenvalue weighted by Crippen LogP contribution is -2.16. The first kappa shape index (κ1) is 12.0. The predicted octanol–water partition coefficient (Wildman–Crippen LogP) is 2.41. The highest BCUT2D eigenvalue weighted by molar-refractivity contribution is 5.66. The fourth-order valence-electron chi connectivity index (χ4n) is 1.67. The number of nitrogen functional groups attached to an aromatic ring is 1. The topological polar surface area (TPSA) is 85.5 Å². The zero-order valence-corrected chi connectivity index (χ0v) is 9.87. The Hall–Kier alpha value is -2.50. The molecular formula is C12H13N3O3. The van der Waals surface area contributed by atoms with Crippen molar-refractivity contribution in [3.63, 3.8) is 0 Å². The summed E-state index contributed by atoms with van der Waals surface area (Å²) in [6.45, 7) is 0.574. The van der Waals surface area contributed by atoms with E-state index in [0.29, 0.717) is 6.54 Å². The van der Waals surface area contributed by atoms with Gasteiger partial charge in [-0.2, -0.15) is 0 Å². The average molecular weight is 247 g/mol. The van der Waals surface area contributed by atoms with E-state index in [-0.39, 0.29) is 11.4 Å². The minimum atomic E-state index is -0.494. The number of anilines is 2. The summed E-state index contributed by atoms with van der Waals surface area (Å²) in [7, 11) is 1.86. The number of nitrogens with zero attached hydrogens (tertiary/aromatic N) is 2. The van der Waals surface area contributed by atoms with Crippen molar-refractivity contribution in [2.24, 2.45) is 0 Å². The van der Waals surface area contributed by atoms with Crippen LogP contribution in [0.2, 0.25) is 0 Å². The Morgan fingerprint density at radius 2 is 2.22 bits per heavy atom. The molecule has 0 amide bonds. The first-order valence-electron chi connectivity index (χ1n) is 5.35. The van der Waals surface area contributed by atoms with Gasteiger partial charge in [-0.05, 0) is 24.3 Å². The van der Waals surface area contributed by atoms with Crippen molar-refractivity contribution in [3.05, 3.63) is 52.5 Å². The van der Waals surface area contributed by atoms with Crippen molar-refractivity contribution >= 4 is 17.1 Å². The van der Waals surface area contributed by atoms with E-state index < -0.39 is 4.92 Å². The minimum absolute atomic E-state index is 0.0786. The quantitative estimate of drug-likeness (QED) is 0.509. The fraction of sp³-hybridized carbons (Fsp3) is 0.167. The summed E-state index contributed by atoms with van der Waals surface area (Å²) < 4.78 is 5.24. The van der Waals surface area contributed by atoms with Gasteiger partial charge in [-0.15, -0.1) is 0 Å². The summed E-state index contributed by atoms with van der Waals surface area (Å²) in [5, 5.41) is 10.7. The molecule has 0 radical (unpaired) electrons. The molecule has 0 aliphatic rings. The maximum Gasteiger partial charge on any atom is 0.292 e. The lowest BCUT2D eigenvalue weighted by Gasteiger charge is -2.18. The third kappa shape index (κ3) is 2.42. The van der Waals surface area contributed by atoms with E-state index in [1.165, 1.54) is 6.07 Å². The molecule has 0 spiro atoms. The number of nitrogens with two attached hydrogens (primary N) is 1. The summed E-state index contributed by atoms with van der Waals surface area (Å²) in [5.74, 6) is 0.814. The molecule has 2 rings (SSSR count). The average Bonchev–Trinajstić information content (AvgIpc) is 2.81. The Labute approximate surface area is 104 Å². The molecule has 94 valence electrons. The minimum Gasteiger partial charge on any atom is -0.467 e. The molecule has 1 heterocycles. The van der Waals surface area contributed by atoms with Crippen LogP contribution in [0.3, 0.4) is 0 Å². The molecule has 0 unspecified atom stereocenters. The second kappa shape index (κ2) is 4.79. The van der Waals surface area contributed by atoms with Crippen LogP contribution >= 0.6 is 0 Å². The molecule has 18 heavy (non-hydrogen) atoms. The molecule has 2 N–H and O–H groups in total. The maximum absolute atomic E-state index is 10.7. The maximum atomic E-state index is 10.7. The summed E-state index contributed by atoms with van der Waals surface area (Å²) in [4.78, 5) is 12.1. The highest BCUT2D eigenvalue weighted by Crippen LogP contribution is 2.27. The number of hydrogen-bond acceptors (Lipinski definition) is 5. The van der Waals surface area contributed by atoms with Gasteiger partial charge in [-0.25, -0.2) is 0 Å². The number of nitro groups is 1. The van der Waals surface area contributed by atoms with Gasteiger partial charge in [0, 0.05) is 18.8 Å². The largest absolute Gasteiger partial charge is 0.467 e. The van der Waals surface area contributed by atoms with Crippen LogP contribution in [0.25, 0.3) is 0 Å². The van der Waals surface area contributed by atoms with Gasteiger partial charge in [0.2, 0.25) is 0 Å². The Balaban J connectivity index is 2.18. The number of benzene rings is 1. The van der Waals surface area contributed by atoms with E-state index >= 15 is 0 Å². The highest BCUT2D eigenvalue weighted by atomic mass is 16.6. The van der Waals surface area contributed by atoms with Gasteiger partial charge in [-0.1, -0.05) is 0 Å². The van der Waals surface area contributed by atoms with Crippen LogP contribution in [0.1, 0.15) is 5.76 Å². The molecule has 2 aromatic rings. The molecule has 1 aromatic heterocycles. The van der Waals surface area contributed by atoms with Crippen LogP contribution in [-0.2, 0) is 6.54 Å². The lowest BCUT2D eigenvalue weighted by atomic mass is 10.2.